The third-order valence-corrected chi connectivity index (χ3v) is 5.01. The van der Waals surface area contributed by atoms with Crippen molar-refractivity contribution in [3.63, 3.8) is 0 Å². The predicted molar refractivity (Wildman–Crippen MR) is 104 cm³/mol. The standard InChI is InChI=1S/C20H20N6O2/c1-12-10-22-26-5-4-17(25-19(12)26)24-13(2)16-7-14(9-21)6-15-8-20(3,11-23-27)28-18(15)16/h4-7,10,13H,8,11H2,1-3H3,(H,24,25)/t13-,20?/m1/s1. The molecule has 0 saturated heterocycles. The van der Waals surface area contributed by atoms with Gasteiger partial charge >= 0.3 is 0 Å². The van der Waals surface area contributed by atoms with Gasteiger partial charge in [-0.1, -0.05) is 5.18 Å². The van der Waals surface area contributed by atoms with E-state index >= 15 is 0 Å². The minimum absolute atomic E-state index is 0.0591. The molecule has 8 heteroatoms. The average Bonchev–Trinajstić information content (AvgIpc) is 3.20. The van der Waals surface area contributed by atoms with Gasteiger partial charge in [0, 0.05) is 23.7 Å². The molecule has 2 atom stereocenters. The zero-order valence-electron chi connectivity index (χ0n) is 15.9. The number of anilines is 1. The maximum absolute atomic E-state index is 10.8. The van der Waals surface area contributed by atoms with Crippen molar-refractivity contribution in [3.8, 4) is 11.8 Å². The lowest BCUT2D eigenvalue weighted by Gasteiger charge is -2.22. The zero-order valence-corrected chi connectivity index (χ0v) is 15.9. The smallest absolute Gasteiger partial charge is 0.160 e. The fourth-order valence-corrected chi connectivity index (χ4v) is 3.63. The summed E-state index contributed by atoms with van der Waals surface area (Å²) >= 11 is 0. The van der Waals surface area contributed by atoms with Gasteiger partial charge in [0.15, 0.2) is 5.65 Å². The van der Waals surface area contributed by atoms with Crippen LogP contribution in [-0.2, 0) is 6.42 Å². The summed E-state index contributed by atoms with van der Waals surface area (Å²) in [5.74, 6) is 1.42. The third-order valence-electron chi connectivity index (χ3n) is 5.01. The van der Waals surface area contributed by atoms with Gasteiger partial charge in [-0.25, -0.2) is 9.50 Å². The van der Waals surface area contributed by atoms with Gasteiger partial charge in [-0.05, 0) is 44.5 Å². The van der Waals surface area contributed by atoms with Crippen LogP contribution in [0.25, 0.3) is 5.65 Å². The lowest BCUT2D eigenvalue weighted by molar-refractivity contribution is 0.124. The number of fused-ring (bicyclic) bond motifs is 2. The fourth-order valence-electron chi connectivity index (χ4n) is 3.63. The van der Waals surface area contributed by atoms with Gasteiger partial charge in [0.05, 0.1) is 23.9 Å². The van der Waals surface area contributed by atoms with Crippen LogP contribution in [0.15, 0.2) is 35.8 Å². The molecule has 1 aliphatic rings. The molecular weight excluding hydrogens is 356 g/mol. The second-order valence-corrected chi connectivity index (χ2v) is 7.46. The van der Waals surface area contributed by atoms with Gasteiger partial charge in [0.2, 0.25) is 0 Å². The number of nitriles is 1. The van der Waals surface area contributed by atoms with Crippen molar-refractivity contribution in [1.29, 1.82) is 5.26 Å². The highest BCUT2D eigenvalue weighted by Crippen LogP contribution is 2.41. The highest BCUT2D eigenvalue weighted by Gasteiger charge is 2.37. The summed E-state index contributed by atoms with van der Waals surface area (Å²) in [6.07, 6.45) is 4.17. The van der Waals surface area contributed by atoms with E-state index in [0.29, 0.717) is 23.6 Å². The molecule has 8 nitrogen and oxygen atoms in total. The number of ether oxygens (including phenoxy) is 1. The van der Waals surface area contributed by atoms with Crippen LogP contribution in [0, 0.1) is 23.2 Å². The van der Waals surface area contributed by atoms with Gasteiger partial charge in [0.25, 0.3) is 0 Å². The number of nitroso groups, excluding NO2 is 1. The molecule has 0 bridgehead atoms. The summed E-state index contributed by atoms with van der Waals surface area (Å²) in [5.41, 5.74) is 3.43. The monoisotopic (exact) mass is 376 g/mol. The Morgan fingerprint density at radius 1 is 1.50 bits per heavy atom. The molecule has 0 radical (unpaired) electrons. The number of hydrogen-bond donors (Lipinski definition) is 1. The molecule has 0 spiro atoms. The molecule has 4 rings (SSSR count). The highest BCUT2D eigenvalue weighted by atomic mass is 16.5. The van der Waals surface area contributed by atoms with Crippen LogP contribution >= 0.6 is 0 Å². The molecule has 0 amide bonds. The Kier molecular flexibility index (Phi) is 4.23. The average molecular weight is 376 g/mol. The summed E-state index contributed by atoms with van der Waals surface area (Å²) in [5, 5.41) is 20.1. The van der Waals surface area contributed by atoms with E-state index in [1.807, 2.05) is 45.2 Å². The van der Waals surface area contributed by atoms with E-state index in [9.17, 15) is 10.2 Å². The maximum atomic E-state index is 10.8. The zero-order chi connectivity index (χ0) is 19.9. The van der Waals surface area contributed by atoms with Crippen molar-refractivity contribution < 1.29 is 4.74 Å². The molecule has 1 aromatic carbocycles. The summed E-state index contributed by atoms with van der Waals surface area (Å²) in [6, 6.07) is 7.54. The summed E-state index contributed by atoms with van der Waals surface area (Å²) in [6.45, 7) is 5.87. The van der Waals surface area contributed by atoms with Crippen molar-refractivity contribution in [2.45, 2.75) is 38.8 Å². The lowest BCUT2D eigenvalue weighted by Crippen LogP contribution is -2.33. The molecule has 0 fully saturated rings. The van der Waals surface area contributed by atoms with Gasteiger partial charge < -0.3 is 10.1 Å². The van der Waals surface area contributed by atoms with E-state index in [1.165, 1.54) is 0 Å². The van der Waals surface area contributed by atoms with Crippen LogP contribution in [0.4, 0.5) is 5.82 Å². The Balaban J connectivity index is 1.68. The third kappa shape index (κ3) is 3.05. The Bertz CT molecular complexity index is 1120. The number of nitrogens with one attached hydrogen (secondary N) is 1. The van der Waals surface area contributed by atoms with Crippen LogP contribution in [0.2, 0.25) is 0 Å². The second kappa shape index (κ2) is 6.60. The maximum Gasteiger partial charge on any atom is 0.160 e. The van der Waals surface area contributed by atoms with Gasteiger partial charge in [-0.3, -0.25) is 0 Å². The topological polar surface area (TPSA) is 105 Å². The first-order valence-corrected chi connectivity index (χ1v) is 9.05. The summed E-state index contributed by atoms with van der Waals surface area (Å²) in [4.78, 5) is 15.4. The van der Waals surface area contributed by atoms with Crippen LogP contribution < -0.4 is 10.1 Å². The first kappa shape index (κ1) is 17.9. The van der Waals surface area contributed by atoms with E-state index in [-0.39, 0.29) is 12.6 Å². The van der Waals surface area contributed by atoms with Crippen LogP contribution in [0.3, 0.4) is 0 Å². The first-order valence-electron chi connectivity index (χ1n) is 9.05. The minimum Gasteiger partial charge on any atom is -0.484 e. The molecule has 0 saturated carbocycles. The fraction of sp³-hybridized carbons (Fsp3) is 0.350. The quantitative estimate of drug-likeness (QED) is 0.683. The van der Waals surface area contributed by atoms with E-state index in [2.05, 4.69) is 26.6 Å². The largest absolute Gasteiger partial charge is 0.484 e. The molecule has 1 unspecified atom stereocenters. The van der Waals surface area contributed by atoms with Gasteiger partial charge in [-0.15, -0.1) is 0 Å². The Labute approximate surface area is 162 Å². The Morgan fingerprint density at radius 3 is 3.07 bits per heavy atom. The van der Waals surface area contributed by atoms with E-state index in [4.69, 9.17) is 4.74 Å². The van der Waals surface area contributed by atoms with Crippen molar-refractivity contribution in [3.05, 3.63) is 57.8 Å². The Hall–Kier alpha value is -3.47. The number of benzene rings is 1. The van der Waals surface area contributed by atoms with Crippen molar-refractivity contribution in [2.75, 3.05) is 11.9 Å². The van der Waals surface area contributed by atoms with Crippen molar-refractivity contribution >= 4 is 11.5 Å². The Morgan fingerprint density at radius 2 is 2.32 bits per heavy atom. The molecule has 0 aliphatic carbocycles. The molecular formula is C20H20N6O2. The van der Waals surface area contributed by atoms with Crippen LogP contribution in [0.5, 0.6) is 5.75 Å². The number of rotatable bonds is 5. The predicted octanol–water partition coefficient (Wildman–Crippen LogP) is 3.54. The second-order valence-electron chi connectivity index (χ2n) is 7.46. The number of aryl methyl sites for hydroxylation is 1. The SMILES string of the molecule is Cc1cnn2ccc(N[C@H](C)c3cc(C#N)cc4c3OC(C)(CN=O)C4)nc12. The van der Waals surface area contributed by atoms with Crippen LogP contribution in [-0.4, -0.2) is 26.7 Å². The van der Waals surface area contributed by atoms with Gasteiger partial charge in [0.1, 0.15) is 23.7 Å². The van der Waals surface area contributed by atoms with E-state index < -0.39 is 5.60 Å². The molecule has 3 aromatic rings. The molecule has 1 N–H and O–H groups in total. The van der Waals surface area contributed by atoms with Gasteiger partial charge in [-0.2, -0.15) is 15.3 Å². The van der Waals surface area contributed by atoms with Crippen molar-refractivity contribution in [2.24, 2.45) is 5.18 Å². The molecule has 2 aromatic heterocycles. The summed E-state index contributed by atoms with van der Waals surface area (Å²) in [7, 11) is 0. The molecule has 3 heterocycles. The molecule has 142 valence electrons. The van der Waals surface area contributed by atoms with Crippen LogP contribution in [0.1, 0.15) is 42.1 Å². The highest BCUT2D eigenvalue weighted by molar-refractivity contribution is 5.56. The number of nitrogens with zero attached hydrogens (tertiary/aromatic N) is 5. The lowest BCUT2D eigenvalue weighted by atomic mass is 9.95. The first-order chi connectivity index (χ1) is 13.4. The molecule has 28 heavy (non-hydrogen) atoms. The normalized spacial score (nSPS) is 18.9. The summed E-state index contributed by atoms with van der Waals surface area (Å²) < 4.78 is 7.85. The minimum atomic E-state index is -0.682. The number of aromatic nitrogens is 3. The number of hydrogen-bond acceptors (Lipinski definition) is 7. The van der Waals surface area contributed by atoms with Crippen molar-refractivity contribution in [1.82, 2.24) is 14.6 Å². The van der Waals surface area contributed by atoms with E-state index in [0.717, 1.165) is 22.3 Å². The molecule has 1 aliphatic heterocycles. The van der Waals surface area contributed by atoms with E-state index in [1.54, 1.807) is 10.7 Å².